The highest BCUT2D eigenvalue weighted by molar-refractivity contribution is 5.92. The van der Waals surface area contributed by atoms with Gasteiger partial charge in [-0.3, -0.25) is 4.79 Å². The Labute approximate surface area is 136 Å². The average molecular weight is 327 g/mol. The Morgan fingerprint density at radius 1 is 1.12 bits per heavy atom. The van der Waals surface area contributed by atoms with Crippen molar-refractivity contribution in [3.8, 4) is 22.8 Å². The molecule has 0 saturated heterocycles. The van der Waals surface area contributed by atoms with Crippen molar-refractivity contribution in [3.05, 3.63) is 47.5 Å². The molecule has 8 heteroatoms. The van der Waals surface area contributed by atoms with E-state index in [2.05, 4.69) is 15.6 Å². The molecule has 0 unspecified atom stereocenters. The second-order valence-electron chi connectivity index (χ2n) is 5.26. The number of carbonyl (C=O) groups is 1. The van der Waals surface area contributed by atoms with Crippen LogP contribution in [0.4, 0.5) is 0 Å². The van der Waals surface area contributed by atoms with E-state index >= 15 is 0 Å². The molecule has 1 N–H and O–H groups in total. The van der Waals surface area contributed by atoms with Gasteiger partial charge in [0.15, 0.2) is 23.0 Å². The summed E-state index contributed by atoms with van der Waals surface area (Å²) in [6, 6.07) is 8.81. The first kappa shape index (κ1) is 14.3. The molecule has 0 spiro atoms. The highest BCUT2D eigenvalue weighted by atomic mass is 16.7. The highest BCUT2D eigenvalue weighted by Gasteiger charge is 2.16. The van der Waals surface area contributed by atoms with E-state index in [-0.39, 0.29) is 24.9 Å². The van der Waals surface area contributed by atoms with Gasteiger partial charge in [0.2, 0.25) is 6.79 Å². The number of aromatic nitrogens is 2. The number of ether oxygens (including phenoxy) is 2. The minimum absolute atomic E-state index is 0.216. The number of aryl methyl sites for hydroxylation is 1. The van der Waals surface area contributed by atoms with Crippen LogP contribution in [0.5, 0.6) is 11.5 Å². The largest absolute Gasteiger partial charge is 0.454 e. The molecule has 1 aromatic carbocycles. The van der Waals surface area contributed by atoms with E-state index in [1.807, 2.05) is 18.2 Å². The lowest BCUT2D eigenvalue weighted by atomic mass is 10.1. The molecule has 3 heterocycles. The predicted octanol–water partition coefficient (Wildman–Crippen LogP) is 2.30. The molecule has 0 radical (unpaired) electrons. The highest BCUT2D eigenvalue weighted by Crippen LogP contribution is 2.35. The number of hydrogen-bond acceptors (Lipinski definition) is 7. The Morgan fingerprint density at radius 3 is 2.83 bits per heavy atom. The summed E-state index contributed by atoms with van der Waals surface area (Å²) in [6.45, 7) is 2.16. The maximum atomic E-state index is 11.9. The Balaban J connectivity index is 1.44. The zero-order valence-electron chi connectivity index (χ0n) is 12.7. The minimum Gasteiger partial charge on any atom is -0.454 e. The Morgan fingerprint density at radius 2 is 2.00 bits per heavy atom. The van der Waals surface area contributed by atoms with Crippen LogP contribution < -0.4 is 14.8 Å². The summed E-state index contributed by atoms with van der Waals surface area (Å²) in [6.07, 6.45) is 0. The molecule has 122 valence electrons. The first-order valence-corrected chi connectivity index (χ1v) is 7.26. The fourth-order valence-electron chi connectivity index (χ4n) is 2.32. The van der Waals surface area contributed by atoms with Crippen molar-refractivity contribution in [3.63, 3.8) is 0 Å². The molecule has 1 amide bonds. The van der Waals surface area contributed by atoms with E-state index in [0.717, 1.165) is 5.56 Å². The SMILES string of the molecule is Cc1cc(C(=O)NCc2cc(-c3ccc4c(c3)OCO4)on2)no1. The third-order valence-corrected chi connectivity index (χ3v) is 3.51. The van der Waals surface area contributed by atoms with Gasteiger partial charge in [-0.1, -0.05) is 10.3 Å². The zero-order valence-corrected chi connectivity index (χ0v) is 12.7. The van der Waals surface area contributed by atoms with E-state index in [4.69, 9.17) is 18.5 Å². The molecule has 2 aromatic heterocycles. The summed E-state index contributed by atoms with van der Waals surface area (Å²) in [4.78, 5) is 11.9. The maximum Gasteiger partial charge on any atom is 0.273 e. The number of hydrogen-bond donors (Lipinski definition) is 1. The molecule has 3 aromatic rings. The number of rotatable bonds is 4. The van der Waals surface area contributed by atoms with Gasteiger partial charge < -0.3 is 23.8 Å². The summed E-state index contributed by atoms with van der Waals surface area (Å²) >= 11 is 0. The van der Waals surface area contributed by atoms with Gasteiger partial charge in [-0.05, 0) is 25.1 Å². The van der Waals surface area contributed by atoms with Crippen LogP contribution in [0.2, 0.25) is 0 Å². The molecule has 0 atom stereocenters. The lowest BCUT2D eigenvalue weighted by Gasteiger charge is -1.98. The average Bonchev–Trinajstić information content (AvgIpc) is 3.32. The fraction of sp³-hybridized carbons (Fsp3) is 0.188. The zero-order chi connectivity index (χ0) is 16.5. The topological polar surface area (TPSA) is 99.6 Å². The summed E-state index contributed by atoms with van der Waals surface area (Å²) in [7, 11) is 0. The Hall–Kier alpha value is -3.29. The smallest absolute Gasteiger partial charge is 0.273 e. The van der Waals surface area contributed by atoms with Crippen molar-refractivity contribution in [1.29, 1.82) is 0 Å². The number of nitrogens with one attached hydrogen (secondary N) is 1. The summed E-state index contributed by atoms with van der Waals surface area (Å²) in [5, 5.41) is 10.3. The van der Waals surface area contributed by atoms with Crippen LogP contribution in [0.15, 0.2) is 39.4 Å². The number of carbonyl (C=O) groups excluding carboxylic acids is 1. The van der Waals surface area contributed by atoms with Gasteiger partial charge in [0.05, 0.1) is 6.54 Å². The van der Waals surface area contributed by atoms with Gasteiger partial charge in [-0.15, -0.1) is 0 Å². The third-order valence-electron chi connectivity index (χ3n) is 3.51. The van der Waals surface area contributed by atoms with Gasteiger partial charge in [-0.25, -0.2) is 0 Å². The quantitative estimate of drug-likeness (QED) is 0.784. The molecular weight excluding hydrogens is 314 g/mol. The number of benzene rings is 1. The molecule has 0 aliphatic carbocycles. The molecule has 8 nitrogen and oxygen atoms in total. The molecule has 0 fully saturated rings. The second-order valence-corrected chi connectivity index (χ2v) is 5.26. The Bertz CT molecular complexity index is 899. The maximum absolute atomic E-state index is 11.9. The number of amides is 1. The van der Waals surface area contributed by atoms with Crippen molar-refractivity contribution in [2.24, 2.45) is 0 Å². The van der Waals surface area contributed by atoms with Gasteiger partial charge >= 0.3 is 0 Å². The normalized spacial score (nSPS) is 12.4. The second kappa shape index (κ2) is 5.73. The molecule has 1 aliphatic heterocycles. The van der Waals surface area contributed by atoms with E-state index in [9.17, 15) is 4.79 Å². The summed E-state index contributed by atoms with van der Waals surface area (Å²) in [5.74, 6) is 2.19. The summed E-state index contributed by atoms with van der Waals surface area (Å²) in [5.41, 5.74) is 1.64. The molecule has 4 rings (SSSR count). The third kappa shape index (κ3) is 2.69. The fourth-order valence-corrected chi connectivity index (χ4v) is 2.32. The van der Waals surface area contributed by atoms with Gasteiger partial charge in [0.25, 0.3) is 5.91 Å². The first-order chi connectivity index (χ1) is 11.7. The predicted molar refractivity (Wildman–Crippen MR) is 80.5 cm³/mol. The van der Waals surface area contributed by atoms with Crippen LogP contribution in [0, 0.1) is 6.92 Å². The lowest BCUT2D eigenvalue weighted by molar-refractivity contribution is 0.0941. The van der Waals surface area contributed by atoms with Crippen molar-refractivity contribution >= 4 is 5.91 Å². The van der Waals surface area contributed by atoms with E-state index in [1.54, 1.807) is 19.1 Å². The first-order valence-electron chi connectivity index (χ1n) is 7.26. The van der Waals surface area contributed by atoms with Crippen LogP contribution in [0.3, 0.4) is 0 Å². The number of fused-ring (bicyclic) bond motifs is 1. The van der Waals surface area contributed by atoms with Crippen LogP contribution in [-0.4, -0.2) is 23.0 Å². The van der Waals surface area contributed by atoms with Crippen LogP contribution in [-0.2, 0) is 6.54 Å². The Kier molecular flexibility index (Phi) is 3.42. The van der Waals surface area contributed by atoms with Crippen LogP contribution in [0.1, 0.15) is 21.9 Å². The van der Waals surface area contributed by atoms with Gasteiger partial charge in [0.1, 0.15) is 11.5 Å². The molecule has 0 saturated carbocycles. The van der Waals surface area contributed by atoms with Crippen molar-refractivity contribution in [2.75, 3.05) is 6.79 Å². The van der Waals surface area contributed by atoms with E-state index in [0.29, 0.717) is 28.7 Å². The van der Waals surface area contributed by atoms with Gasteiger partial charge in [0, 0.05) is 17.7 Å². The van der Waals surface area contributed by atoms with E-state index < -0.39 is 0 Å². The van der Waals surface area contributed by atoms with Crippen molar-refractivity contribution in [2.45, 2.75) is 13.5 Å². The van der Waals surface area contributed by atoms with Crippen LogP contribution in [0.25, 0.3) is 11.3 Å². The summed E-state index contributed by atoms with van der Waals surface area (Å²) < 4.78 is 20.8. The van der Waals surface area contributed by atoms with Gasteiger partial charge in [-0.2, -0.15) is 0 Å². The number of nitrogens with zero attached hydrogens (tertiary/aromatic N) is 2. The molecular formula is C16H13N3O5. The molecule has 24 heavy (non-hydrogen) atoms. The lowest BCUT2D eigenvalue weighted by Crippen LogP contribution is -2.23. The van der Waals surface area contributed by atoms with Crippen LogP contribution >= 0.6 is 0 Å². The van der Waals surface area contributed by atoms with Crippen molar-refractivity contribution in [1.82, 2.24) is 15.6 Å². The monoisotopic (exact) mass is 327 g/mol. The van der Waals surface area contributed by atoms with E-state index in [1.165, 1.54) is 0 Å². The standard InChI is InChI=1S/C16H13N3O5/c1-9-4-12(19-23-9)16(20)17-7-11-6-14(24-18-11)10-2-3-13-15(5-10)22-8-21-13/h2-6H,7-8H2,1H3,(H,17,20). The van der Waals surface area contributed by atoms with Crippen molar-refractivity contribution < 1.29 is 23.3 Å². The molecule has 1 aliphatic rings. The minimum atomic E-state index is -0.334. The molecule has 0 bridgehead atoms.